The number of aromatic amines is 1. The number of hydrogen-bond donors (Lipinski definition) is 0. The molecule has 2 aromatic carbocycles. The van der Waals surface area contributed by atoms with Gasteiger partial charge in [0.15, 0.2) is 11.1 Å². The molecule has 1 atom stereocenters. The summed E-state index contributed by atoms with van der Waals surface area (Å²) in [6, 6.07) is 14.6. The Hall–Kier alpha value is -2.37. The number of rotatable bonds is 11. The van der Waals surface area contributed by atoms with Crippen molar-refractivity contribution in [3.63, 3.8) is 0 Å². The molecule has 3 aliphatic rings. The highest BCUT2D eigenvalue weighted by atomic mass is 32.2. The SMILES string of the molecule is CCN1CCC(N2CCN(C3CCN(c4c(S(=O)(=O)c5ccc(OC(C)CC(C)C)cc5)c[nH+]c5ccc(SC)cc45)CC3)CC2)CC1. The van der Waals surface area contributed by atoms with E-state index < -0.39 is 9.84 Å². The van der Waals surface area contributed by atoms with Crippen LogP contribution in [0.1, 0.15) is 59.8 Å². The Morgan fingerprint density at radius 3 is 2.02 bits per heavy atom. The Morgan fingerprint density at radius 2 is 1.46 bits per heavy atom. The third-order valence-electron chi connectivity index (χ3n) is 10.8. The van der Waals surface area contributed by atoms with Gasteiger partial charge in [0.25, 0.3) is 0 Å². The maximum atomic E-state index is 14.4. The summed E-state index contributed by atoms with van der Waals surface area (Å²) in [5.74, 6) is 1.23. The second-order valence-corrected chi connectivity index (χ2v) is 17.2. The summed E-state index contributed by atoms with van der Waals surface area (Å²) < 4.78 is 34.8. The highest BCUT2D eigenvalue weighted by Gasteiger charge is 2.34. The van der Waals surface area contributed by atoms with E-state index in [1.807, 2.05) is 0 Å². The minimum absolute atomic E-state index is 0.0653. The van der Waals surface area contributed by atoms with Crippen molar-refractivity contribution >= 4 is 38.2 Å². The van der Waals surface area contributed by atoms with E-state index in [4.69, 9.17) is 4.74 Å². The van der Waals surface area contributed by atoms with Crippen LogP contribution in [0.15, 0.2) is 63.3 Å². The monoisotopic (exact) mass is 694 g/mol. The van der Waals surface area contributed by atoms with Gasteiger partial charge in [0.05, 0.1) is 22.1 Å². The number of pyridine rings is 1. The molecule has 0 spiro atoms. The molecule has 3 aliphatic heterocycles. The highest BCUT2D eigenvalue weighted by molar-refractivity contribution is 7.98. The van der Waals surface area contributed by atoms with Crippen LogP contribution in [0.3, 0.4) is 0 Å². The van der Waals surface area contributed by atoms with E-state index >= 15 is 0 Å². The fourth-order valence-corrected chi connectivity index (χ4v) is 10.0. The number of likely N-dealkylation sites (tertiary alicyclic amines) is 1. The van der Waals surface area contributed by atoms with Crippen LogP contribution in [0.25, 0.3) is 10.9 Å². The third-order valence-corrected chi connectivity index (χ3v) is 13.3. The van der Waals surface area contributed by atoms with E-state index in [2.05, 4.69) is 76.7 Å². The van der Waals surface area contributed by atoms with Gasteiger partial charge >= 0.3 is 0 Å². The smallest absolute Gasteiger partial charge is 0.214 e. The minimum atomic E-state index is -3.80. The summed E-state index contributed by atoms with van der Waals surface area (Å²) in [6.45, 7) is 18.6. The lowest BCUT2D eigenvalue weighted by molar-refractivity contribution is -0.347. The molecule has 262 valence electrons. The van der Waals surface area contributed by atoms with Gasteiger partial charge in [0.2, 0.25) is 15.4 Å². The molecule has 0 amide bonds. The number of piperidine rings is 2. The van der Waals surface area contributed by atoms with Gasteiger partial charge in [0.1, 0.15) is 5.75 Å². The number of nitrogens with zero attached hydrogens (tertiary/aromatic N) is 4. The Morgan fingerprint density at radius 1 is 0.854 bits per heavy atom. The number of aromatic nitrogens is 1. The normalized spacial score (nSPS) is 20.5. The zero-order valence-corrected chi connectivity index (χ0v) is 31.3. The van der Waals surface area contributed by atoms with E-state index in [0.717, 1.165) is 86.1 Å². The number of hydrogen-bond acceptors (Lipinski definition) is 8. The van der Waals surface area contributed by atoms with Crippen LogP contribution in [-0.4, -0.2) is 106 Å². The van der Waals surface area contributed by atoms with Crippen LogP contribution >= 0.6 is 11.8 Å². The molecule has 0 bridgehead atoms. The van der Waals surface area contributed by atoms with Crippen LogP contribution in [0.5, 0.6) is 5.75 Å². The molecule has 6 rings (SSSR count). The molecule has 10 heteroatoms. The number of anilines is 1. The standard InChI is InChI=1S/C38H55N5O3S2/c1-6-40-17-13-30(14-18-40)41-21-23-42(24-22-41)31-15-19-43(20-16-31)38-35-26-33(47-5)9-12-36(35)39-27-37(38)48(44,45)34-10-7-32(8-11-34)46-29(4)25-28(2)3/h7-12,26-31H,6,13-25H2,1-5H3/p+1. The lowest BCUT2D eigenvalue weighted by Gasteiger charge is -2.46. The van der Waals surface area contributed by atoms with Crippen molar-refractivity contribution in [1.82, 2.24) is 14.7 Å². The van der Waals surface area contributed by atoms with Gasteiger partial charge in [0, 0.05) is 62.3 Å². The van der Waals surface area contributed by atoms with E-state index in [-0.39, 0.29) is 11.0 Å². The summed E-state index contributed by atoms with van der Waals surface area (Å²) in [4.78, 5) is 15.4. The van der Waals surface area contributed by atoms with Crippen LogP contribution in [-0.2, 0) is 9.84 Å². The van der Waals surface area contributed by atoms with Crippen molar-refractivity contribution < 1.29 is 18.1 Å². The Balaban J connectivity index is 1.18. The first-order valence-corrected chi connectivity index (χ1v) is 20.9. The van der Waals surface area contributed by atoms with Crippen molar-refractivity contribution in [3.8, 4) is 5.75 Å². The summed E-state index contributed by atoms with van der Waals surface area (Å²) >= 11 is 1.68. The summed E-state index contributed by atoms with van der Waals surface area (Å²) in [6.07, 6.45) is 9.46. The number of thioether (sulfide) groups is 1. The van der Waals surface area contributed by atoms with Crippen LogP contribution in [0.4, 0.5) is 5.69 Å². The van der Waals surface area contributed by atoms with Gasteiger partial charge in [-0.2, -0.15) is 0 Å². The summed E-state index contributed by atoms with van der Waals surface area (Å²) in [5.41, 5.74) is 1.78. The number of H-pyrrole nitrogens is 1. The van der Waals surface area contributed by atoms with Crippen molar-refractivity contribution in [1.29, 1.82) is 0 Å². The predicted octanol–water partition coefficient (Wildman–Crippen LogP) is 6.09. The average Bonchev–Trinajstić information content (AvgIpc) is 3.11. The van der Waals surface area contributed by atoms with Gasteiger partial charge in [-0.25, -0.2) is 13.4 Å². The molecule has 3 fully saturated rings. The van der Waals surface area contributed by atoms with Gasteiger partial charge in [-0.1, -0.05) is 20.8 Å². The number of nitrogens with one attached hydrogen (secondary N) is 1. The predicted molar refractivity (Wildman–Crippen MR) is 197 cm³/mol. The second kappa shape index (κ2) is 15.7. The molecule has 0 radical (unpaired) electrons. The summed E-state index contributed by atoms with van der Waals surface area (Å²) in [5, 5.41) is 0.964. The molecule has 1 unspecified atom stereocenters. The average molecular weight is 695 g/mol. The number of benzene rings is 2. The molecule has 48 heavy (non-hydrogen) atoms. The molecule has 8 nitrogen and oxygen atoms in total. The van der Waals surface area contributed by atoms with Gasteiger partial charge in [-0.05, 0) is 107 Å². The van der Waals surface area contributed by atoms with Gasteiger partial charge < -0.3 is 14.5 Å². The third kappa shape index (κ3) is 7.99. The molecule has 3 saturated heterocycles. The molecular formula is C38H56N5O3S2+. The highest BCUT2D eigenvalue weighted by Crippen LogP contribution is 2.38. The van der Waals surface area contributed by atoms with Gasteiger partial charge in [-0.3, -0.25) is 9.80 Å². The molecule has 1 aromatic heterocycles. The van der Waals surface area contributed by atoms with E-state index in [9.17, 15) is 8.42 Å². The molecule has 3 aromatic rings. The maximum Gasteiger partial charge on any atom is 0.214 e. The first kappa shape index (κ1) is 35.5. The lowest BCUT2D eigenvalue weighted by Crippen LogP contribution is -2.56. The number of piperazine rings is 1. The minimum Gasteiger partial charge on any atom is -0.491 e. The molecule has 0 saturated carbocycles. The second-order valence-electron chi connectivity index (χ2n) is 14.4. The van der Waals surface area contributed by atoms with Crippen molar-refractivity contribution in [3.05, 3.63) is 48.7 Å². The van der Waals surface area contributed by atoms with Crippen LogP contribution in [0, 0.1) is 5.92 Å². The molecule has 0 aliphatic carbocycles. The Kier molecular flexibility index (Phi) is 11.6. The number of fused-ring (bicyclic) bond motifs is 1. The largest absolute Gasteiger partial charge is 0.491 e. The van der Waals surface area contributed by atoms with Crippen LogP contribution < -0.4 is 14.6 Å². The Labute approximate surface area is 293 Å². The molecule has 1 N–H and O–H groups in total. The first-order chi connectivity index (χ1) is 23.2. The van der Waals surface area contributed by atoms with E-state index in [1.54, 1.807) is 42.2 Å². The fraction of sp³-hybridized carbons (Fsp3) is 0.605. The van der Waals surface area contributed by atoms with Gasteiger partial charge in [-0.15, -0.1) is 11.8 Å². The number of ether oxygens (including phenoxy) is 1. The summed E-state index contributed by atoms with van der Waals surface area (Å²) in [7, 11) is -3.80. The zero-order chi connectivity index (χ0) is 33.8. The zero-order valence-electron chi connectivity index (χ0n) is 29.7. The quantitative estimate of drug-likeness (QED) is 0.224. The fourth-order valence-electron chi connectivity index (χ4n) is 8.14. The lowest BCUT2D eigenvalue weighted by atomic mass is 9.99. The molecular weight excluding hydrogens is 639 g/mol. The maximum absolute atomic E-state index is 14.4. The number of sulfone groups is 1. The van der Waals surface area contributed by atoms with Crippen molar-refractivity contribution in [2.24, 2.45) is 5.92 Å². The molecule has 4 heterocycles. The first-order valence-electron chi connectivity index (χ1n) is 18.2. The van der Waals surface area contributed by atoms with Crippen molar-refractivity contribution in [2.75, 3.05) is 70.1 Å². The topological polar surface area (TPSA) is 70.5 Å². The van der Waals surface area contributed by atoms with Crippen LogP contribution in [0.2, 0.25) is 0 Å². The van der Waals surface area contributed by atoms with Crippen molar-refractivity contribution in [2.45, 2.75) is 92.7 Å². The van der Waals surface area contributed by atoms with E-state index in [1.165, 1.54) is 32.5 Å². The van der Waals surface area contributed by atoms with E-state index in [0.29, 0.717) is 22.6 Å². The Bertz CT molecular complexity index is 1610.